The van der Waals surface area contributed by atoms with Gasteiger partial charge in [-0.15, -0.1) is 0 Å². The molecule has 1 rings (SSSR count). The van der Waals surface area contributed by atoms with Gasteiger partial charge in [0.1, 0.15) is 0 Å². The topological polar surface area (TPSA) is 41.1 Å². The molecule has 1 unspecified atom stereocenters. The van der Waals surface area contributed by atoms with Gasteiger partial charge in [-0.1, -0.05) is 38.3 Å². The molecule has 0 spiro atoms. The molecule has 1 heterocycles. The summed E-state index contributed by atoms with van der Waals surface area (Å²) in [5, 5.41) is 6.35. The van der Waals surface area contributed by atoms with E-state index in [1.807, 2.05) is 0 Å². The van der Waals surface area contributed by atoms with Gasteiger partial charge in [0.25, 0.3) is 0 Å². The molecule has 0 aromatic rings. The zero-order chi connectivity index (χ0) is 12.5. The molecule has 2 N–H and O–H groups in total. The van der Waals surface area contributed by atoms with Crippen LogP contribution in [0.2, 0.25) is 0 Å². The van der Waals surface area contributed by atoms with Crippen molar-refractivity contribution >= 4 is 5.91 Å². The molecular weight excluding hydrogens is 212 g/mol. The smallest absolute Gasteiger partial charge is 0.223 e. The van der Waals surface area contributed by atoms with E-state index in [-0.39, 0.29) is 11.8 Å². The Morgan fingerprint density at radius 1 is 1.53 bits per heavy atom. The third kappa shape index (κ3) is 5.35. The lowest BCUT2D eigenvalue weighted by Crippen LogP contribution is -2.33. The quantitative estimate of drug-likeness (QED) is 0.668. The summed E-state index contributed by atoms with van der Waals surface area (Å²) in [7, 11) is 0. The molecule has 1 aliphatic heterocycles. The van der Waals surface area contributed by atoms with Crippen LogP contribution in [0.3, 0.4) is 0 Å². The molecule has 0 bridgehead atoms. The molecule has 0 radical (unpaired) electrons. The van der Waals surface area contributed by atoms with E-state index >= 15 is 0 Å². The van der Waals surface area contributed by atoms with Gasteiger partial charge in [0.2, 0.25) is 5.91 Å². The summed E-state index contributed by atoms with van der Waals surface area (Å²) in [6.07, 6.45) is 7.55. The van der Waals surface area contributed by atoms with Gasteiger partial charge in [-0.2, -0.15) is 0 Å². The van der Waals surface area contributed by atoms with Crippen LogP contribution in [-0.4, -0.2) is 25.5 Å². The molecule has 3 heteroatoms. The molecule has 0 fully saturated rings. The zero-order valence-electron chi connectivity index (χ0n) is 11.2. The maximum absolute atomic E-state index is 12.0. The van der Waals surface area contributed by atoms with Crippen LogP contribution in [0.4, 0.5) is 0 Å². The second-order valence-electron chi connectivity index (χ2n) is 4.78. The fourth-order valence-corrected chi connectivity index (χ4v) is 2.15. The van der Waals surface area contributed by atoms with Crippen LogP contribution in [0.1, 0.15) is 46.0 Å². The minimum atomic E-state index is 0.206. The van der Waals surface area contributed by atoms with E-state index in [0.717, 1.165) is 45.3 Å². The van der Waals surface area contributed by atoms with Crippen molar-refractivity contribution in [3.8, 4) is 0 Å². The fraction of sp³-hybridized carbons (Fsp3) is 0.786. The van der Waals surface area contributed by atoms with Gasteiger partial charge >= 0.3 is 0 Å². The van der Waals surface area contributed by atoms with Gasteiger partial charge in [0, 0.05) is 19.0 Å². The summed E-state index contributed by atoms with van der Waals surface area (Å²) in [5.74, 6) is 0.442. The van der Waals surface area contributed by atoms with Crippen molar-refractivity contribution in [2.45, 2.75) is 46.0 Å². The molecule has 0 aromatic carbocycles. The van der Waals surface area contributed by atoms with E-state index in [0.29, 0.717) is 0 Å². The van der Waals surface area contributed by atoms with Crippen molar-refractivity contribution in [1.82, 2.24) is 10.6 Å². The van der Waals surface area contributed by atoms with E-state index in [1.165, 1.54) is 12.0 Å². The number of amides is 1. The molecule has 0 saturated carbocycles. The minimum absolute atomic E-state index is 0.206. The van der Waals surface area contributed by atoms with Crippen LogP contribution < -0.4 is 10.6 Å². The second-order valence-corrected chi connectivity index (χ2v) is 4.78. The van der Waals surface area contributed by atoms with Crippen LogP contribution in [0.25, 0.3) is 0 Å². The lowest BCUT2D eigenvalue weighted by Gasteiger charge is -2.18. The van der Waals surface area contributed by atoms with Crippen LogP contribution in [0.15, 0.2) is 11.6 Å². The van der Waals surface area contributed by atoms with Gasteiger partial charge < -0.3 is 10.6 Å². The maximum atomic E-state index is 12.0. The highest BCUT2D eigenvalue weighted by Gasteiger charge is 2.15. The zero-order valence-corrected chi connectivity index (χ0v) is 11.2. The highest BCUT2D eigenvalue weighted by Crippen LogP contribution is 2.13. The van der Waals surface area contributed by atoms with E-state index in [1.54, 1.807) is 0 Å². The molecule has 17 heavy (non-hydrogen) atoms. The number of hydrogen-bond acceptors (Lipinski definition) is 2. The summed E-state index contributed by atoms with van der Waals surface area (Å²) in [4.78, 5) is 12.0. The van der Waals surface area contributed by atoms with Crippen molar-refractivity contribution in [2.24, 2.45) is 5.92 Å². The fourth-order valence-electron chi connectivity index (χ4n) is 2.15. The van der Waals surface area contributed by atoms with Crippen LogP contribution in [0, 0.1) is 5.92 Å². The lowest BCUT2D eigenvalue weighted by molar-refractivity contribution is -0.125. The predicted molar refractivity (Wildman–Crippen MR) is 71.9 cm³/mol. The molecular formula is C14H26N2O. The molecule has 98 valence electrons. The standard InChI is InChI=1S/C14H26N2O/c1-3-5-6-13(4-2)14(17)16-11-12-7-9-15-10-8-12/h7,13,15H,3-6,8-11H2,1-2H3,(H,16,17). The number of rotatable bonds is 7. The third-order valence-electron chi connectivity index (χ3n) is 3.42. The Balaban J connectivity index is 2.28. The molecule has 1 amide bonds. The summed E-state index contributed by atoms with van der Waals surface area (Å²) in [6, 6.07) is 0. The van der Waals surface area contributed by atoms with Gasteiger partial charge in [-0.05, 0) is 25.8 Å². The number of hydrogen-bond donors (Lipinski definition) is 2. The molecule has 0 aliphatic carbocycles. The number of nitrogens with one attached hydrogen (secondary N) is 2. The van der Waals surface area contributed by atoms with Crippen molar-refractivity contribution in [2.75, 3.05) is 19.6 Å². The van der Waals surface area contributed by atoms with Crippen molar-refractivity contribution in [3.05, 3.63) is 11.6 Å². The summed E-state index contributed by atoms with van der Waals surface area (Å²) < 4.78 is 0. The van der Waals surface area contributed by atoms with Gasteiger partial charge in [-0.25, -0.2) is 0 Å². The first-order valence-electron chi connectivity index (χ1n) is 6.94. The number of carbonyl (C=O) groups is 1. The largest absolute Gasteiger partial charge is 0.352 e. The Labute approximate surface area is 105 Å². The maximum Gasteiger partial charge on any atom is 0.223 e. The number of unbranched alkanes of at least 4 members (excludes halogenated alkanes) is 1. The Kier molecular flexibility index (Phi) is 6.94. The lowest BCUT2D eigenvalue weighted by atomic mass is 9.98. The Hall–Kier alpha value is -0.830. The van der Waals surface area contributed by atoms with Crippen LogP contribution in [-0.2, 0) is 4.79 Å². The van der Waals surface area contributed by atoms with Gasteiger partial charge in [0.05, 0.1) is 0 Å². The Bertz CT molecular complexity index is 261. The van der Waals surface area contributed by atoms with Gasteiger partial charge in [0.15, 0.2) is 0 Å². The van der Waals surface area contributed by atoms with Crippen molar-refractivity contribution in [3.63, 3.8) is 0 Å². The van der Waals surface area contributed by atoms with Crippen LogP contribution in [0.5, 0.6) is 0 Å². The normalized spacial score (nSPS) is 17.4. The summed E-state index contributed by atoms with van der Waals surface area (Å²) >= 11 is 0. The first-order valence-corrected chi connectivity index (χ1v) is 6.94. The average molecular weight is 238 g/mol. The second kappa shape index (κ2) is 8.29. The molecule has 3 nitrogen and oxygen atoms in total. The number of carbonyl (C=O) groups excluding carboxylic acids is 1. The minimum Gasteiger partial charge on any atom is -0.352 e. The highest BCUT2D eigenvalue weighted by atomic mass is 16.1. The highest BCUT2D eigenvalue weighted by molar-refractivity contribution is 5.78. The predicted octanol–water partition coefficient (Wildman–Crippen LogP) is 2.24. The first-order chi connectivity index (χ1) is 8.27. The molecule has 0 aromatic heterocycles. The van der Waals surface area contributed by atoms with Crippen molar-refractivity contribution < 1.29 is 4.79 Å². The summed E-state index contributed by atoms with van der Waals surface area (Å²) in [5.41, 5.74) is 1.36. The van der Waals surface area contributed by atoms with E-state index in [9.17, 15) is 4.79 Å². The Morgan fingerprint density at radius 3 is 2.94 bits per heavy atom. The third-order valence-corrected chi connectivity index (χ3v) is 3.42. The average Bonchev–Trinajstić information content (AvgIpc) is 2.38. The van der Waals surface area contributed by atoms with E-state index < -0.39 is 0 Å². The van der Waals surface area contributed by atoms with Gasteiger partial charge in [-0.3, -0.25) is 4.79 Å². The van der Waals surface area contributed by atoms with Crippen LogP contribution >= 0.6 is 0 Å². The summed E-state index contributed by atoms with van der Waals surface area (Å²) in [6.45, 7) is 6.99. The molecule has 1 aliphatic rings. The van der Waals surface area contributed by atoms with Crippen molar-refractivity contribution in [1.29, 1.82) is 0 Å². The van der Waals surface area contributed by atoms with E-state index in [2.05, 4.69) is 30.6 Å². The molecule has 1 atom stereocenters. The monoisotopic (exact) mass is 238 g/mol. The Morgan fingerprint density at radius 2 is 2.35 bits per heavy atom. The molecule has 0 saturated heterocycles. The van der Waals surface area contributed by atoms with E-state index in [4.69, 9.17) is 0 Å². The SMILES string of the molecule is CCCCC(CC)C(=O)NCC1=CCNCC1. The first kappa shape index (κ1) is 14.2.